The maximum atomic E-state index is 5.72. The van der Waals surface area contributed by atoms with E-state index in [0.717, 1.165) is 54.6 Å². The molecule has 32 heavy (non-hydrogen) atoms. The van der Waals surface area contributed by atoms with Crippen LogP contribution in [0.1, 0.15) is 29.9 Å². The molecule has 0 amide bonds. The number of hydrogen-bond donors (Lipinski definition) is 2. The van der Waals surface area contributed by atoms with Crippen LogP contribution < -0.4 is 11.1 Å². The monoisotopic (exact) mass is 426 g/mol. The lowest BCUT2D eigenvalue weighted by Gasteiger charge is -2.32. The Labute approximate surface area is 189 Å². The summed E-state index contributed by atoms with van der Waals surface area (Å²) < 4.78 is 2.10. The topological polar surface area (TPSA) is 71.5 Å². The van der Waals surface area contributed by atoms with Crippen molar-refractivity contribution < 1.29 is 0 Å². The third kappa shape index (κ3) is 4.24. The van der Waals surface area contributed by atoms with Gasteiger partial charge in [0.2, 0.25) is 0 Å². The number of benzene rings is 2. The van der Waals surface area contributed by atoms with E-state index in [-0.39, 0.29) is 0 Å². The fourth-order valence-electron chi connectivity index (χ4n) is 4.70. The Morgan fingerprint density at radius 2 is 1.91 bits per heavy atom. The number of fused-ring (bicyclic) bond motifs is 1. The van der Waals surface area contributed by atoms with Gasteiger partial charge in [0.15, 0.2) is 11.5 Å². The van der Waals surface area contributed by atoms with Gasteiger partial charge in [0.25, 0.3) is 0 Å². The molecular formula is C26H30N6. The van der Waals surface area contributed by atoms with E-state index in [9.17, 15) is 0 Å². The number of aryl methyl sites for hydroxylation is 1. The van der Waals surface area contributed by atoms with Crippen LogP contribution in [0, 0.1) is 6.92 Å². The van der Waals surface area contributed by atoms with E-state index in [1.807, 2.05) is 18.6 Å². The highest BCUT2D eigenvalue weighted by molar-refractivity contribution is 5.74. The Morgan fingerprint density at radius 1 is 1.06 bits per heavy atom. The number of nitrogens with two attached hydrogens (primary N) is 1. The number of rotatable bonds is 6. The van der Waals surface area contributed by atoms with Crippen LogP contribution in [0.25, 0.3) is 16.9 Å². The van der Waals surface area contributed by atoms with Crippen molar-refractivity contribution in [1.29, 1.82) is 0 Å². The summed E-state index contributed by atoms with van der Waals surface area (Å²) in [4.78, 5) is 11.8. The predicted molar refractivity (Wildman–Crippen MR) is 130 cm³/mol. The van der Waals surface area contributed by atoms with Gasteiger partial charge in [-0.3, -0.25) is 4.40 Å². The molecule has 0 spiro atoms. The first-order valence-corrected chi connectivity index (χ1v) is 11.4. The fraction of sp³-hybridized carbons (Fsp3) is 0.308. The Hall–Kier alpha value is -3.22. The molecule has 164 valence electrons. The maximum Gasteiger partial charge on any atom is 0.180 e. The van der Waals surface area contributed by atoms with Crippen LogP contribution in [-0.2, 0) is 0 Å². The van der Waals surface area contributed by atoms with Gasteiger partial charge in [0, 0.05) is 36.7 Å². The van der Waals surface area contributed by atoms with Crippen molar-refractivity contribution in [1.82, 2.24) is 19.3 Å². The third-order valence-corrected chi connectivity index (χ3v) is 6.40. The Bertz CT molecular complexity index is 1210. The zero-order valence-electron chi connectivity index (χ0n) is 18.5. The van der Waals surface area contributed by atoms with Crippen molar-refractivity contribution >= 4 is 17.2 Å². The molecule has 0 unspecified atom stereocenters. The lowest BCUT2D eigenvalue weighted by Crippen LogP contribution is -2.36. The number of aromatic nitrogens is 3. The van der Waals surface area contributed by atoms with Crippen LogP contribution in [-0.4, -0.2) is 45.4 Å². The van der Waals surface area contributed by atoms with Gasteiger partial charge in [-0.25, -0.2) is 9.97 Å². The van der Waals surface area contributed by atoms with Gasteiger partial charge < -0.3 is 16.0 Å². The van der Waals surface area contributed by atoms with Crippen LogP contribution in [0.2, 0.25) is 0 Å². The third-order valence-electron chi connectivity index (χ3n) is 6.40. The molecule has 2 aromatic heterocycles. The molecule has 0 bridgehead atoms. The van der Waals surface area contributed by atoms with E-state index in [2.05, 4.69) is 75.1 Å². The number of hydrogen-bond acceptors (Lipinski definition) is 5. The summed E-state index contributed by atoms with van der Waals surface area (Å²) in [6.45, 7) is 6.08. The smallest absolute Gasteiger partial charge is 0.180 e. The SMILES string of the molecule is Cc1cccc(-c2cnc(Nc3cccc(C4CCN(CCN)CC4)c3)c3nccn23)c1. The number of likely N-dealkylation sites (tertiary alicyclic amines) is 1. The molecule has 0 radical (unpaired) electrons. The molecule has 6 nitrogen and oxygen atoms in total. The molecular weight excluding hydrogens is 396 g/mol. The standard InChI is InChI=1S/C26H30N6/c1-19-4-2-6-22(16-19)24-18-29-25(26-28-11-15-32(24)26)30-23-7-3-5-21(17-23)20-8-12-31(13-9-20)14-10-27/h2-7,11,15-18,20H,8-10,12-14,27H2,1H3,(H,29,30). The highest BCUT2D eigenvalue weighted by atomic mass is 15.1. The van der Waals surface area contributed by atoms with E-state index < -0.39 is 0 Å². The van der Waals surface area contributed by atoms with Gasteiger partial charge in [-0.05, 0) is 62.5 Å². The van der Waals surface area contributed by atoms with Crippen molar-refractivity contribution in [2.75, 3.05) is 31.5 Å². The summed E-state index contributed by atoms with van der Waals surface area (Å²) in [7, 11) is 0. The second-order valence-electron chi connectivity index (χ2n) is 8.64. The normalized spacial score (nSPS) is 15.3. The van der Waals surface area contributed by atoms with Crippen LogP contribution >= 0.6 is 0 Å². The molecule has 1 aliphatic heterocycles. The van der Waals surface area contributed by atoms with E-state index in [1.54, 1.807) is 0 Å². The Balaban J connectivity index is 1.38. The molecule has 1 saturated heterocycles. The van der Waals surface area contributed by atoms with E-state index in [1.165, 1.54) is 24.0 Å². The molecule has 0 aliphatic carbocycles. The van der Waals surface area contributed by atoms with E-state index in [0.29, 0.717) is 5.92 Å². The van der Waals surface area contributed by atoms with Gasteiger partial charge in [0.05, 0.1) is 11.9 Å². The molecule has 1 fully saturated rings. The average molecular weight is 427 g/mol. The van der Waals surface area contributed by atoms with Crippen molar-refractivity contribution in [3.63, 3.8) is 0 Å². The minimum atomic E-state index is 0.592. The summed E-state index contributed by atoms with van der Waals surface area (Å²) in [6, 6.07) is 17.2. The largest absolute Gasteiger partial charge is 0.337 e. The summed E-state index contributed by atoms with van der Waals surface area (Å²) in [6.07, 6.45) is 8.09. The molecule has 3 heterocycles. The highest BCUT2D eigenvalue weighted by Crippen LogP contribution is 2.31. The molecule has 1 aliphatic rings. The molecule has 4 aromatic rings. The van der Waals surface area contributed by atoms with Crippen LogP contribution in [0.5, 0.6) is 0 Å². The summed E-state index contributed by atoms with van der Waals surface area (Å²) in [5.74, 6) is 1.36. The first kappa shape index (κ1) is 20.7. The van der Waals surface area contributed by atoms with Crippen LogP contribution in [0.15, 0.2) is 67.1 Å². The fourth-order valence-corrected chi connectivity index (χ4v) is 4.70. The van der Waals surface area contributed by atoms with E-state index >= 15 is 0 Å². The summed E-state index contributed by atoms with van der Waals surface area (Å²) >= 11 is 0. The van der Waals surface area contributed by atoms with Gasteiger partial charge in [0.1, 0.15) is 0 Å². The first-order chi connectivity index (χ1) is 15.7. The molecule has 0 saturated carbocycles. The Kier molecular flexibility index (Phi) is 5.88. The minimum Gasteiger partial charge on any atom is -0.337 e. The van der Waals surface area contributed by atoms with Gasteiger partial charge in [-0.15, -0.1) is 0 Å². The second kappa shape index (κ2) is 9.10. The number of piperidine rings is 1. The maximum absolute atomic E-state index is 5.72. The number of nitrogens with zero attached hydrogens (tertiary/aromatic N) is 4. The minimum absolute atomic E-state index is 0.592. The first-order valence-electron chi connectivity index (χ1n) is 11.4. The van der Waals surface area contributed by atoms with Crippen molar-refractivity contribution in [3.8, 4) is 11.3 Å². The molecule has 6 heteroatoms. The quantitative estimate of drug-likeness (QED) is 0.472. The summed E-state index contributed by atoms with van der Waals surface area (Å²) in [5.41, 5.74) is 12.4. The van der Waals surface area contributed by atoms with Gasteiger partial charge >= 0.3 is 0 Å². The van der Waals surface area contributed by atoms with Crippen molar-refractivity contribution in [2.45, 2.75) is 25.7 Å². The van der Waals surface area contributed by atoms with Crippen LogP contribution in [0.3, 0.4) is 0 Å². The molecule has 5 rings (SSSR count). The lowest BCUT2D eigenvalue weighted by molar-refractivity contribution is 0.218. The molecule has 3 N–H and O–H groups in total. The predicted octanol–water partition coefficient (Wildman–Crippen LogP) is 4.59. The van der Waals surface area contributed by atoms with Crippen LogP contribution in [0.4, 0.5) is 11.5 Å². The average Bonchev–Trinajstić information content (AvgIpc) is 3.31. The zero-order chi connectivity index (χ0) is 21.9. The van der Waals surface area contributed by atoms with Gasteiger partial charge in [-0.1, -0.05) is 35.9 Å². The molecule has 0 atom stereocenters. The molecule has 2 aromatic carbocycles. The number of imidazole rings is 1. The van der Waals surface area contributed by atoms with E-state index in [4.69, 9.17) is 10.7 Å². The number of anilines is 2. The van der Waals surface area contributed by atoms with Crippen molar-refractivity contribution in [3.05, 3.63) is 78.2 Å². The second-order valence-corrected chi connectivity index (χ2v) is 8.64. The highest BCUT2D eigenvalue weighted by Gasteiger charge is 2.20. The number of nitrogens with one attached hydrogen (secondary N) is 1. The summed E-state index contributed by atoms with van der Waals surface area (Å²) in [5, 5.41) is 3.51. The zero-order valence-corrected chi connectivity index (χ0v) is 18.5. The van der Waals surface area contributed by atoms with Crippen molar-refractivity contribution in [2.24, 2.45) is 5.73 Å². The Morgan fingerprint density at radius 3 is 2.72 bits per heavy atom. The lowest BCUT2D eigenvalue weighted by atomic mass is 9.89. The van der Waals surface area contributed by atoms with Gasteiger partial charge in [-0.2, -0.15) is 0 Å².